The van der Waals surface area contributed by atoms with Crippen molar-refractivity contribution >= 4 is 11.5 Å². The second-order valence-electron chi connectivity index (χ2n) is 5.01. The first-order valence-electron chi connectivity index (χ1n) is 6.71. The van der Waals surface area contributed by atoms with Gasteiger partial charge in [-0.15, -0.1) is 0 Å². The number of rotatable bonds is 4. The first kappa shape index (κ1) is 13.7. The van der Waals surface area contributed by atoms with Crippen LogP contribution in [0, 0.1) is 17.0 Å². The molecule has 1 unspecified atom stereocenters. The van der Waals surface area contributed by atoms with Gasteiger partial charge in [0.2, 0.25) is 0 Å². The Morgan fingerprint density at radius 2 is 2.37 bits per heavy atom. The van der Waals surface area contributed by atoms with Crippen LogP contribution in [0.2, 0.25) is 0 Å². The van der Waals surface area contributed by atoms with Gasteiger partial charge in [0.05, 0.1) is 4.92 Å². The molecule has 0 spiro atoms. The Bertz CT molecular complexity index is 462. The number of hydrogen-bond acceptors (Lipinski definition) is 5. The van der Waals surface area contributed by atoms with Crippen molar-refractivity contribution < 1.29 is 4.92 Å². The van der Waals surface area contributed by atoms with Crippen molar-refractivity contribution in [2.75, 3.05) is 18.0 Å². The summed E-state index contributed by atoms with van der Waals surface area (Å²) in [7, 11) is 0. The number of anilines is 1. The summed E-state index contributed by atoms with van der Waals surface area (Å²) in [5.74, 6) is 0.834. The summed E-state index contributed by atoms with van der Waals surface area (Å²) in [4.78, 5) is 16.9. The number of nitrogens with zero attached hydrogens (tertiary/aromatic N) is 3. The van der Waals surface area contributed by atoms with Crippen LogP contribution in [-0.4, -0.2) is 29.0 Å². The van der Waals surface area contributed by atoms with Crippen LogP contribution in [0.4, 0.5) is 11.5 Å². The molecule has 1 atom stereocenters. The Hall–Kier alpha value is -1.69. The maximum Gasteiger partial charge on any atom is 0.290 e. The van der Waals surface area contributed by atoms with Crippen molar-refractivity contribution in [3.8, 4) is 0 Å². The normalized spacial score (nSPS) is 19.5. The van der Waals surface area contributed by atoms with Crippen molar-refractivity contribution in [1.82, 2.24) is 4.98 Å². The zero-order chi connectivity index (χ0) is 13.8. The number of hydrogen-bond donors (Lipinski definition) is 1. The molecule has 0 amide bonds. The van der Waals surface area contributed by atoms with Gasteiger partial charge in [-0.05, 0) is 45.2 Å². The highest BCUT2D eigenvalue weighted by Crippen LogP contribution is 2.27. The van der Waals surface area contributed by atoms with Gasteiger partial charge in [-0.1, -0.05) is 0 Å². The predicted molar refractivity (Wildman–Crippen MR) is 74.3 cm³/mol. The summed E-state index contributed by atoms with van der Waals surface area (Å²) in [6.07, 6.45) is 5.78. The predicted octanol–water partition coefficient (Wildman–Crippen LogP) is 2.01. The zero-order valence-corrected chi connectivity index (χ0v) is 11.2. The molecule has 2 N–H and O–H groups in total. The van der Waals surface area contributed by atoms with Gasteiger partial charge < -0.3 is 10.6 Å². The number of aromatic nitrogens is 1. The summed E-state index contributed by atoms with van der Waals surface area (Å²) < 4.78 is 0. The summed E-state index contributed by atoms with van der Waals surface area (Å²) in [6, 6.07) is 2.22. The smallest absolute Gasteiger partial charge is 0.290 e. The molecule has 0 saturated carbocycles. The minimum absolute atomic E-state index is 0.0798. The van der Waals surface area contributed by atoms with Crippen LogP contribution in [-0.2, 0) is 0 Å². The molecule has 6 nitrogen and oxygen atoms in total. The Morgan fingerprint density at radius 1 is 1.58 bits per heavy atom. The quantitative estimate of drug-likeness (QED) is 0.664. The highest BCUT2D eigenvalue weighted by molar-refractivity contribution is 5.49. The van der Waals surface area contributed by atoms with Gasteiger partial charge in [0.25, 0.3) is 5.69 Å². The Labute approximate surface area is 112 Å². The molecule has 2 rings (SSSR count). The standard InChI is InChI=1S/C13H20N4O2/c1-10-8-13(15-9-12(10)17(18)19)16-7-3-2-4-11(16)5-6-14/h8-9,11H,2-7,14H2,1H3. The number of nitro groups is 1. The lowest BCUT2D eigenvalue weighted by Crippen LogP contribution is -2.41. The first-order valence-corrected chi connectivity index (χ1v) is 6.71. The lowest BCUT2D eigenvalue weighted by atomic mass is 9.99. The van der Waals surface area contributed by atoms with Gasteiger partial charge in [-0.3, -0.25) is 10.1 Å². The maximum atomic E-state index is 10.8. The summed E-state index contributed by atoms with van der Waals surface area (Å²) in [5, 5.41) is 10.8. The van der Waals surface area contributed by atoms with Crippen molar-refractivity contribution in [3.63, 3.8) is 0 Å². The van der Waals surface area contributed by atoms with Crippen LogP contribution < -0.4 is 10.6 Å². The molecule has 1 fully saturated rings. The zero-order valence-electron chi connectivity index (χ0n) is 11.2. The second-order valence-corrected chi connectivity index (χ2v) is 5.01. The monoisotopic (exact) mass is 264 g/mol. The topological polar surface area (TPSA) is 85.3 Å². The molecular weight excluding hydrogens is 244 g/mol. The first-order chi connectivity index (χ1) is 9.13. The molecule has 104 valence electrons. The van der Waals surface area contributed by atoms with Gasteiger partial charge >= 0.3 is 0 Å². The van der Waals surface area contributed by atoms with E-state index in [0.717, 1.165) is 31.6 Å². The highest BCUT2D eigenvalue weighted by Gasteiger charge is 2.24. The number of piperidine rings is 1. The third kappa shape index (κ3) is 3.01. The molecule has 2 heterocycles. The average Bonchev–Trinajstić information content (AvgIpc) is 2.39. The van der Waals surface area contributed by atoms with E-state index in [4.69, 9.17) is 5.73 Å². The van der Waals surface area contributed by atoms with Crippen molar-refractivity contribution in [1.29, 1.82) is 0 Å². The molecule has 1 aliphatic heterocycles. The fourth-order valence-electron chi connectivity index (χ4n) is 2.68. The van der Waals surface area contributed by atoms with E-state index in [1.807, 2.05) is 6.07 Å². The molecule has 1 aromatic heterocycles. The van der Waals surface area contributed by atoms with E-state index in [1.54, 1.807) is 6.92 Å². The van der Waals surface area contributed by atoms with Crippen molar-refractivity contribution in [2.45, 2.75) is 38.6 Å². The molecular formula is C13H20N4O2. The third-order valence-corrected chi connectivity index (χ3v) is 3.69. The molecule has 0 aromatic carbocycles. The summed E-state index contributed by atoms with van der Waals surface area (Å²) >= 11 is 0. The third-order valence-electron chi connectivity index (χ3n) is 3.69. The minimum Gasteiger partial charge on any atom is -0.354 e. The molecule has 1 aromatic rings. The van der Waals surface area contributed by atoms with Crippen LogP contribution >= 0.6 is 0 Å². The number of aryl methyl sites for hydroxylation is 1. The van der Waals surface area contributed by atoms with E-state index in [1.165, 1.54) is 12.6 Å². The van der Waals surface area contributed by atoms with Gasteiger partial charge in [-0.2, -0.15) is 0 Å². The number of nitrogens with two attached hydrogens (primary N) is 1. The van der Waals surface area contributed by atoms with Gasteiger partial charge in [0.1, 0.15) is 12.0 Å². The van der Waals surface area contributed by atoms with Crippen LogP contribution in [0.25, 0.3) is 0 Å². The SMILES string of the molecule is Cc1cc(N2CCCCC2CCN)ncc1[N+](=O)[O-]. The van der Waals surface area contributed by atoms with Crippen molar-refractivity contribution in [3.05, 3.63) is 27.9 Å². The van der Waals surface area contributed by atoms with E-state index < -0.39 is 0 Å². The average molecular weight is 264 g/mol. The minimum atomic E-state index is -0.389. The second kappa shape index (κ2) is 5.97. The molecule has 6 heteroatoms. The fourth-order valence-corrected chi connectivity index (χ4v) is 2.68. The molecule has 1 saturated heterocycles. The van der Waals surface area contributed by atoms with E-state index in [9.17, 15) is 10.1 Å². The summed E-state index contributed by atoms with van der Waals surface area (Å²) in [5.41, 5.74) is 6.40. The Kier molecular flexibility index (Phi) is 4.31. The molecule has 1 aliphatic rings. The molecule has 0 aliphatic carbocycles. The van der Waals surface area contributed by atoms with Crippen LogP contribution in [0.15, 0.2) is 12.3 Å². The van der Waals surface area contributed by atoms with Crippen LogP contribution in [0.3, 0.4) is 0 Å². The van der Waals surface area contributed by atoms with Gasteiger partial charge in [0, 0.05) is 18.2 Å². The highest BCUT2D eigenvalue weighted by atomic mass is 16.6. The van der Waals surface area contributed by atoms with E-state index >= 15 is 0 Å². The summed E-state index contributed by atoms with van der Waals surface area (Å²) in [6.45, 7) is 3.37. The Morgan fingerprint density at radius 3 is 3.00 bits per heavy atom. The van der Waals surface area contributed by atoms with Gasteiger partial charge in [-0.25, -0.2) is 4.98 Å². The lowest BCUT2D eigenvalue weighted by Gasteiger charge is -2.36. The largest absolute Gasteiger partial charge is 0.354 e. The molecule has 0 radical (unpaired) electrons. The maximum absolute atomic E-state index is 10.8. The van der Waals surface area contributed by atoms with Crippen LogP contribution in [0.5, 0.6) is 0 Å². The van der Waals surface area contributed by atoms with E-state index in [-0.39, 0.29) is 10.6 Å². The Balaban J connectivity index is 2.24. The number of pyridine rings is 1. The van der Waals surface area contributed by atoms with Crippen molar-refractivity contribution in [2.24, 2.45) is 5.73 Å². The van der Waals surface area contributed by atoms with Gasteiger partial charge in [0.15, 0.2) is 0 Å². The van der Waals surface area contributed by atoms with E-state index in [2.05, 4.69) is 9.88 Å². The lowest BCUT2D eigenvalue weighted by molar-refractivity contribution is -0.385. The van der Waals surface area contributed by atoms with Crippen LogP contribution in [0.1, 0.15) is 31.2 Å². The molecule has 0 bridgehead atoms. The van der Waals surface area contributed by atoms with E-state index in [0.29, 0.717) is 18.2 Å². The fraction of sp³-hybridized carbons (Fsp3) is 0.615. The molecule has 19 heavy (non-hydrogen) atoms.